The molecule has 1 aliphatic carbocycles. The number of carbonyl (C=O) groups excluding carboxylic acids is 1. The van der Waals surface area contributed by atoms with E-state index in [0.29, 0.717) is 12.0 Å². The number of hydrogen-bond acceptors (Lipinski definition) is 3. The van der Waals surface area contributed by atoms with Gasteiger partial charge in [0, 0.05) is 32.2 Å². The summed E-state index contributed by atoms with van der Waals surface area (Å²) in [7, 11) is 0. The van der Waals surface area contributed by atoms with Crippen molar-refractivity contribution in [3.05, 3.63) is 0 Å². The summed E-state index contributed by atoms with van der Waals surface area (Å²) in [6.07, 6.45) is 6.07. The van der Waals surface area contributed by atoms with E-state index in [4.69, 9.17) is 5.73 Å². The number of piperazine rings is 1. The van der Waals surface area contributed by atoms with Gasteiger partial charge in [0.15, 0.2) is 0 Å². The zero-order chi connectivity index (χ0) is 13.8. The lowest BCUT2D eigenvalue weighted by Crippen LogP contribution is -2.56. The third kappa shape index (κ3) is 3.69. The molecule has 19 heavy (non-hydrogen) atoms. The minimum Gasteiger partial charge on any atom is -0.339 e. The smallest absolute Gasteiger partial charge is 0.239 e. The highest BCUT2D eigenvalue weighted by Crippen LogP contribution is 2.26. The van der Waals surface area contributed by atoms with E-state index in [9.17, 15) is 4.79 Å². The number of rotatable bonds is 3. The van der Waals surface area contributed by atoms with Crippen LogP contribution in [0.25, 0.3) is 0 Å². The highest BCUT2D eigenvalue weighted by molar-refractivity contribution is 5.82. The molecule has 2 rings (SSSR count). The molecule has 0 aromatic carbocycles. The summed E-state index contributed by atoms with van der Waals surface area (Å²) >= 11 is 0. The number of hydrogen-bond donors (Lipinski definition) is 1. The van der Waals surface area contributed by atoms with Crippen LogP contribution in [0.5, 0.6) is 0 Å². The Balaban J connectivity index is 1.83. The monoisotopic (exact) mass is 267 g/mol. The van der Waals surface area contributed by atoms with Crippen LogP contribution in [0.1, 0.15) is 46.0 Å². The Morgan fingerprint density at radius 2 is 1.63 bits per heavy atom. The van der Waals surface area contributed by atoms with Crippen LogP contribution in [-0.4, -0.2) is 54.0 Å². The molecule has 2 fully saturated rings. The first-order valence-electron chi connectivity index (χ1n) is 7.88. The van der Waals surface area contributed by atoms with Crippen molar-refractivity contribution in [3.63, 3.8) is 0 Å². The van der Waals surface area contributed by atoms with E-state index in [1.54, 1.807) is 0 Å². The molecule has 1 atom stereocenters. The fourth-order valence-corrected chi connectivity index (χ4v) is 3.36. The third-order valence-electron chi connectivity index (χ3n) is 4.80. The molecule has 0 spiro atoms. The second kappa shape index (κ2) is 6.71. The molecule has 2 aliphatic rings. The highest BCUT2D eigenvalue weighted by Gasteiger charge is 2.31. The van der Waals surface area contributed by atoms with Crippen LogP contribution in [0.3, 0.4) is 0 Å². The van der Waals surface area contributed by atoms with Crippen molar-refractivity contribution in [1.29, 1.82) is 0 Å². The fourth-order valence-electron chi connectivity index (χ4n) is 3.36. The summed E-state index contributed by atoms with van der Waals surface area (Å²) in [4.78, 5) is 16.9. The van der Waals surface area contributed by atoms with Crippen LogP contribution >= 0.6 is 0 Å². The molecule has 4 nitrogen and oxygen atoms in total. The number of carbonyl (C=O) groups is 1. The molecule has 110 valence electrons. The maximum Gasteiger partial charge on any atom is 0.239 e. The molecule has 4 heteroatoms. The van der Waals surface area contributed by atoms with E-state index in [1.165, 1.54) is 19.3 Å². The lowest BCUT2D eigenvalue weighted by Gasteiger charge is -2.39. The lowest BCUT2D eigenvalue weighted by atomic mass is 9.83. The summed E-state index contributed by atoms with van der Waals surface area (Å²) in [5, 5.41) is 0. The summed E-state index contributed by atoms with van der Waals surface area (Å²) in [6, 6.07) is 0.315. The molecule has 0 aromatic rings. The first-order valence-corrected chi connectivity index (χ1v) is 7.88. The van der Waals surface area contributed by atoms with Gasteiger partial charge in [-0.1, -0.05) is 19.3 Å². The van der Waals surface area contributed by atoms with Gasteiger partial charge in [-0.3, -0.25) is 9.69 Å². The Morgan fingerprint density at radius 3 is 2.16 bits per heavy atom. The average Bonchev–Trinajstić information content (AvgIpc) is 2.46. The third-order valence-corrected chi connectivity index (χ3v) is 4.80. The first-order chi connectivity index (χ1) is 9.09. The van der Waals surface area contributed by atoms with Crippen LogP contribution in [0.4, 0.5) is 0 Å². The van der Waals surface area contributed by atoms with Gasteiger partial charge in [-0.15, -0.1) is 0 Å². The van der Waals surface area contributed by atoms with Gasteiger partial charge in [-0.05, 0) is 32.6 Å². The van der Waals surface area contributed by atoms with E-state index in [1.807, 2.05) is 4.90 Å². The predicted octanol–water partition coefficient (Wildman–Crippen LogP) is 1.45. The molecule has 1 aliphatic heterocycles. The maximum atomic E-state index is 12.5. The molecule has 1 saturated carbocycles. The van der Waals surface area contributed by atoms with Crippen LogP contribution < -0.4 is 5.73 Å². The standard InChI is InChI=1S/C15H29N3O/c1-12(2)17-8-10-18(11-9-17)15(19)14(16)13-6-4-3-5-7-13/h12-14H,3-11,16H2,1-2H3/t14-/m0/s1. The number of nitrogens with zero attached hydrogens (tertiary/aromatic N) is 2. The fraction of sp³-hybridized carbons (Fsp3) is 0.933. The van der Waals surface area contributed by atoms with Crippen LogP contribution in [0, 0.1) is 5.92 Å². The molecular formula is C15H29N3O. The van der Waals surface area contributed by atoms with Crippen LogP contribution in [0.15, 0.2) is 0 Å². The van der Waals surface area contributed by atoms with E-state index in [0.717, 1.165) is 39.0 Å². The Hall–Kier alpha value is -0.610. The highest BCUT2D eigenvalue weighted by atomic mass is 16.2. The Labute approximate surface area is 117 Å². The van der Waals surface area contributed by atoms with Gasteiger partial charge in [-0.25, -0.2) is 0 Å². The summed E-state index contributed by atoms with van der Waals surface area (Å²) in [5.74, 6) is 0.611. The zero-order valence-corrected chi connectivity index (χ0v) is 12.5. The average molecular weight is 267 g/mol. The van der Waals surface area contributed by atoms with Crippen molar-refractivity contribution in [3.8, 4) is 0 Å². The van der Waals surface area contributed by atoms with Gasteiger partial charge in [0.1, 0.15) is 0 Å². The summed E-state index contributed by atoms with van der Waals surface area (Å²) < 4.78 is 0. The molecular weight excluding hydrogens is 238 g/mol. The normalized spacial score (nSPS) is 24.7. The van der Waals surface area contributed by atoms with E-state index < -0.39 is 0 Å². The van der Waals surface area contributed by atoms with Gasteiger partial charge >= 0.3 is 0 Å². The first kappa shape index (κ1) is 14.8. The summed E-state index contributed by atoms with van der Waals surface area (Å²) in [6.45, 7) is 8.09. The topological polar surface area (TPSA) is 49.6 Å². The van der Waals surface area contributed by atoms with Crippen molar-refractivity contribution in [1.82, 2.24) is 9.80 Å². The molecule has 0 bridgehead atoms. The van der Waals surface area contributed by atoms with Crippen molar-refractivity contribution < 1.29 is 4.79 Å². The zero-order valence-electron chi connectivity index (χ0n) is 12.5. The lowest BCUT2D eigenvalue weighted by molar-refractivity contribution is -0.136. The van der Waals surface area contributed by atoms with Crippen LogP contribution in [0.2, 0.25) is 0 Å². The largest absolute Gasteiger partial charge is 0.339 e. The second-order valence-electron chi connectivity index (χ2n) is 6.38. The quantitative estimate of drug-likeness (QED) is 0.842. The van der Waals surface area contributed by atoms with E-state index >= 15 is 0 Å². The second-order valence-corrected chi connectivity index (χ2v) is 6.38. The Morgan fingerprint density at radius 1 is 1.05 bits per heavy atom. The molecule has 0 unspecified atom stereocenters. The molecule has 0 radical (unpaired) electrons. The summed E-state index contributed by atoms with van der Waals surface area (Å²) in [5.41, 5.74) is 6.21. The Bertz CT molecular complexity index is 292. The van der Waals surface area contributed by atoms with Crippen LogP contribution in [-0.2, 0) is 4.79 Å². The minimum absolute atomic E-state index is 0.190. The number of amides is 1. The van der Waals surface area contributed by atoms with Crippen molar-refractivity contribution in [2.75, 3.05) is 26.2 Å². The van der Waals surface area contributed by atoms with Crippen molar-refractivity contribution in [2.45, 2.75) is 58.0 Å². The molecule has 2 N–H and O–H groups in total. The van der Waals surface area contributed by atoms with Gasteiger partial charge in [-0.2, -0.15) is 0 Å². The SMILES string of the molecule is CC(C)N1CCN(C(=O)[C@@H](N)C2CCCCC2)CC1. The van der Waals surface area contributed by atoms with Gasteiger partial charge in [0.2, 0.25) is 5.91 Å². The molecule has 1 heterocycles. The van der Waals surface area contributed by atoms with Gasteiger partial charge in [0.25, 0.3) is 0 Å². The van der Waals surface area contributed by atoms with E-state index in [-0.39, 0.29) is 11.9 Å². The number of nitrogens with two attached hydrogens (primary N) is 1. The molecule has 1 amide bonds. The minimum atomic E-state index is -0.258. The Kier molecular flexibility index (Phi) is 5.22. The van der Waals surface area contributed by atoms with Gasteiger partial charge < -0.3 is 10.6 Å². The molecule has 0 aromatic heterocycles. The predicted molar refractivity (Wildman–Crippen MR) is 77.8 cm³/mol. The van der Waals surface area contributed by atoms with E-state index in [2.05, 4.69) is 18.7 Å². The van der Waals surface area contributed by atoms with Crippen molar-refractivity contribution >= 4 is 5.91 Å². The maximum absolute atomic E-state index is 12.5. The molecule has 1 saturated heterocycles. The van der Waals surface area contributed by atoms with Crippen molar-refractivity contribution in [2.24, 2.45) is 11.7 Å². The van der Waals surface area contributed by atoms with Gasteiger partial charge in [0.05, 0.1) is 6.04 Å².